The van der Waals surface area contributed by atoms with Crippen molar-refractivity contribution in [3.8, 4) is 0 Å². The average Bonchev–Trinajstić information content (AvgIpc) is 2.92. The Balaban J connectivity index is 1.52. The third-order valence-electron chi connectivity index (χ3n) is 4.62. The second-order valence-electron chi connectivity index (χ2n) is 6.04. The molecule has 2 saturated carbocycles. The van der Waals surface area contributed by atoms with Gasteiger partial charge in [0, 0.05) is 12.1 Å². The maximum atomic E-state index is 3.86. The van der Waals surface area contributed by atoms with Gasteiger partial charge >= 0.3 is 0 Å². The van der Waals surface area contributed by atoms with Gasteiger partial charge in [0.2, 0.25) is 0 Å². The molecule has 0 heterocycles. The maximum absolute atomic E-state index is 3.86. The molecular formula is C16H23N. The minimum absolute atomic E-state index is 0.613. The van der Waals surface area contributed by atoms with E-state index in [1.54, 1.807) is 0 Å². The van der Waals surface area contributed by atoms with Crippen LogP contribution in [0.25, 0.3) is 0 Å². The second-order valence-corrected chi connectivity index (χ2v) is 6.04. The van der Waals surface area contributed by atoms with Crippen LogP contribution in [0.5, 0.6) is 0 Å². The van der Waals surface area contributed by atoms with Crippen molar-refractivity contribution >= 4 is 0 Å². The molecule has 2 aliphatic rings. The maximum Gasteiger partial charge on any atom is 0.0101 e. The molecule has 2 bridgehead atoms. The van der Waals surface area contributed by atoms with Crippen molar-refractivity contribution in [2.75, 3.05) is 0 Å². The fourth-order valence-electron chi connectivity index (χ4n) is 3.84. The Morgan fingerprint density at radius 2 is 2.00 bits per heavy atom. The molecule has 2 fully saturated rings. The summed E-state index contributed by atoms with van der Waals surface area (Å²) in [6.07, 6.45) is 7.06. The van der Waals surface area contributed by atoms with E-state index in [0.29, 0.717) is 6.04 Å². The van der Waals surface area contributed by atoms with Crippen molar-refractivity contribution < 1.29 is 0 Å². The van der Waals surface area contributed by atoms with E-state index >= 15 is 0 Å². The molecule has 1 aromatic carbocycles. The number of benzene rings is 1. The molecule has 1 heteroatoms. The van der Waals surface area contributed by atoms with Crippen LogP contribution in [-0.2, 0) is 6.42 Å². The molecule has 4 atom stereocenters. The largest absolute Gasteiger partial charge is 0.311 e. The predicted molar refractivity (Wildman–Crippen MR) is 72.0 cm³/mol. The second kappa shape index (κ2) is 4.81. The first-order valence-electron chi connectivity index (χ1n) is 7.11. The van der Waals surface area contributed by atoms with E-state index in [9.17, 15) is 0 Å². The number of rotatable bonds is 4. The number of hydrogen-bond donors (Lipinski definition) is 1. The van der Waals surface area contributed by atoms with Gasteiger partial charge in [-0.15, -0.1) is 0 Å². The molecule has 0 aliphatic heterocycles. The van der Waals surface area contributed by atoms with Crippen molar-refractivity contribution in [2.45, 2.75) is 51.1 Å². The highest BCUT2D eigenvalue weighted by Crippen LogP contribution is 2.44. The summed E-state index contributed by atoms with van der Waals surface area (Å²) in [4.78, 5) is 0. The molecule has 0 radical (unpaired) electrons. The van der Waals surface area contributed by atoms with Gasteiger partial charge in [-0.2, -0.15) is 0 Å². The minimum atomic E-state index is 0.613. The van der Waals surface area contributed by atoms with Crippen LogP contribution in [0.3, 0.4) is 0 Å². The van der Waals surface area contributed by atoms with E-state index < -0.39 is 0 Å². The van der Waals surface area contributed by atoms with E-state index in [1.807, 2.05) is 0 Å². The van der Waals surface area contributed by atoms with Gasteiger partial charge in [0.1, 0.15) is 0 Å². The lowest BCUT2D eigenvalue weighted by atomic mass is 9.94. The Morgan fingerprint density at radius 3 is 2.65 bits per heavy atom. The molecule has 0 saturated heterocycles. The van der Waals surface area contributed by atoms with Crippen molar-refractivity contribution in [1.29, 1.82) is 0 Å². The lowest BCUT2D eigenvalue weighted by molar-refractivity contribution is 0.323. The van der Waals surface area contributed by atoms with Gasteiger partial charge in [-0.3, -0.25) is 0 Å². The van der Waals surface area contributed by atoms with Gasteiger partial charge in [-0.05, 0) is 50.0 Å². The number of hydrogen-bond acceptors (Lipinski definition) is 1. The highest BCUT2D eigenvalue weighted by Gasteiger charge is 2.39. The Hall–Kier alpha value is -0.820. The van der Waals surface area contributed by atoms with Gasteiger partial charge in [0.25, 0.3) is 0 Å². The summed E-state index contributed by atoms with van der Waals surface area (Å²) >= 11 is 0. The zero-order valence-corrected chi connectivity index (χ0v) is 10.7. The molecule has 1 aromatic rings. The highest BCUT2D eigenvalue weighted by molar-refractivity contribution is 5.15. The van der Waals surface area contributed by atoms with Crippen LogP contribution in [0.2, 0.25) is 0 Å². The van der Waals surface area contributed by atoms with Gasteiger partial charge in [-0.1, -0.05) is 36.8 Å². The van der Waals surface area contributed by atoms with Crippen molar-refractivity contribution in [1.82, 2.24) is 5.32 Å². The lowest BCUT2D eigenvalue weighted by Crippen LogP contribution is -2.40. The standard InChI is InChI=1S/C16H23N/c1-12(9-13-5-3-2-4-6-13)17-16-11-14-7-8-15(16)10-14/h2-6,12,14-17H,7-11H2,1H3/t12-,14+,15+,16+/m0/s1. The first-order valence-corrected chi connectivity index (χ1v) is 7.11. The number of fused-ring (bicyclic) bond motifs is 2. The summed E-state index contributed by atoms with van der Waals surface area (Å²) in [6.45, 7) is 2.33. The van der Waals surface area contributed by atoms with Crippen molar-refractivity contribution in [3.63, 3.8) is 0 Å². The van der Waals surface area contributed by atoms with E-state index in [-0.39, 0.29) is 0 Å². The first kappa shape index (κ1) is 11.3. The molecule has 17 heavy (non-hydrogen) atoms. The van der Waals surface area contributed by atoms with Crippen molar-refractivity contribution in [2.24, 2.45) is 11.8 Å². The van der Waals surface area contributed by atoms with Crippen LogP contribution in [0.1, 0.15) is 38.2 Å². The van der Waals surface area contributed by atoms with E-state index in [1.165, 1.54) is 31.2 Å². The summed E-state index contributed by atoms with van der Waals surface area (Å²) in [6, 6.07) is 12.3. The Kier molecular flexibility index (Phi) is 3.19. The van der Waals surface area contributed by atoms with E-state index in [2.05, 4.69) is 42.6 Å². The number of nitrogens with one attached hydrogen (secondary N) is 1. The summed E-state index contributed by atoms with van der Waals surface area (Å²) in [5.41, 5.74) is 1.45. The summed E-state index contributed by atoms with van der Waals surface area (Å²) in [5, 5.41) is 3.86. The Labute approximate surface area is 105 Å². The molecular weight excluding hydrogens is 206 g/mol. The predicted octanol–water partition coefficient (Wildman–Crippen LogP) is 3.40. The summed E-state index contributed by atoms with van der Waals surface area (Å²) < 4.78 is 0. The van der Waals surface area contributed by atoms with Gasteiger partial charge < -0.3 is 5.32 Å². The fraction of sp³-hybridized carbons (Fsp3) is 0.625. The molecule has 0 spiro atoms. The smallest absolute Gasteiger partial charge is 0.0101 e. The zero-order chi connectivity index (χ0) is 11.7. The van der Waals surface area contributed by atoms with Crippen LogP contribution >= 0.6 is 0 Å². The van der Waals surface area contributed by atoms with Gasteiger partial charge in [0.15, 0.2) is 0 Å². The topological polar surface area (TPSA) is 12.0 Å². The SMILES string of the molecule is C[C@@H](Cc1ccccc1)N[C@@H]1C[C@@H]2CC[C@@H]1C2. The highest BCUT2D eigenvalue weighted by atomic mass is 15.0. The van der Waals surface area contributed by atoms with Gasteiger partial charge in [0.05, 0.1) is 0 Å². The molecule has 2 aliphatic carbocycles. The normalized spacial score (nSPS) is 32.9. The van der Waals surface area contributed by atoms with Crippen LogP contribution in [0.15, 0.2) is 30.3 Å². The zero-order valence-electron chi connectivity index (χ0n) is 10.7. The first-order chi connectivity index (χ1) is 8.31. The average molecular weight is 229 g/mol. The Bertz CT molecular complexity index is 359. The quantitative estimate of drug-likeness (QED) is 0.834. The molecule has 1 nitrogen and oxygen atoms in total. The Morgan fingerprint density at radius 1 is 1.18 bits per heavy atom. The molecule has 0 aromatic heterocycles. The van der Waals surface area contributed by atoms with Crippen LogP contribution in [-0.4, -0.2) is 12.1 Å². The van der Waals surface area contributed by atoms with Crippen molar-refractivity contribution in [3.05, 3.63) is 35.9 Å². The monoisotopic (exact) mass is 229 g/mol. The van der Waals surface area contributed by atoms with Crippen LogP contribution in [0, 0.1) is 11.8 Å². The van der Waals surface area contributed by atoms with Crippen LogP contribution in [0.4, 0.5) is 0 Å². The third-order valence-corrected chi connectivity index (χ3v) is 4.62. The third kappa shape index (κ3) is 2.55. The van der Waals surface area contributed by atoms with E-state index in [0.717, 1.165) is 24.3 Å². The molecule has 3 rings (SSSR count). The molecule has 0 unspecified atom stereocenters. The van der Waals surface area contributed by atoms with Crippen LogP contribution < -0.4 is 5.32 Å². The fourth-order valence-corrected chi connectivity index (χ4v) is 3.84. The lowest BCUT2D eigenvalue weighted by Gasteiger charge is -2.27. The molecule has 0 amide bonds. The molecule has 92 valence electrons. The summed E-state index contributed by atoms with van der Waals surface area (Å²) in [7, 11) is 0. The van der Waals surface area contributed by atoms with Gasteiger partial charge in [-0.25, -0.2) is 0 Å². The molecule has 1 N–H and O–H groups in total. The minimum Gasteiger partial charge on any atom is -0.311 e. The van der Waals surface area contributed by atoms with E-state index in [4.69, 9.17) is 0 Å². The summed E-state index contributed by atoms with van der Waals surface area (Å²) in [5.74, 6) is 2.03.